The number of anilines is 1. The number of halogens is 1. The van der Waals surface area contributed by atoms with Crippen LogP contribution >= 0.6 is 0 Å². The molecular formula is C13H17FN4O2. The van der Waals surface area contributed by atoms with E-state index < -0.39 is 12.3 Å². The maximum Gasteiger partial charge on any atom is 0.407 e. The van der Waals surface area contributed by atoms with Gasteiger partial charge in [-0.2, -0.15) is 0 Å². The number of fused-ring (bicyclic) bond motifs is 1. The van der Waals surface area contributed by atoms with Gasteiger partial charge in [0.15, 0.2) is 0 Å². The van der Waals surface area contributed by atoms with Gasteiger partial charge in [-0.1, -0.05) is 6.92 Å². The highest BCUT2D eigenvalue weighted by Crippen LogP contribution is 2.44. The average molecular weight is 280 g/mol. The molecule has 1 fully saturated rings. The first-order chi connectivity index (χ1) is 9.58. The van der Waals surface area contributed by atoms with Gasteiger partial charge in [-0.05, 0) is 12.3 Å². The summed E-state index contributed by atoms with van der Waals surface area (Å²) < 4.78 is 13.9. The van der Waals surface area contributed by atoms with E-state index in [0.29, 0.717) is 38.3 Å². The van der Waals surface area contributed by atoms with Gasteiger partial charge in [-0.15, -0.1) is 0 Å². The number of nitrogens with zero attached hydrogens (tertiary/aromatic N) is 4. The molecule has 1 amide bonds. The summed E-state index contributed by atoms with van der Waals surface area (Å²) in [6.45, 7) is 4.04. The van der Waals surface area contributed by atoms with Crippen molar-refractivity contribution < 1.29 is 14.3 Å². The molecule has 1 aromatic rings. The number of piperazine rings is 1. The van der Waals surface area contributed by atoms with Gasteiger partial charge in [0.2, 0.25) is 0 Å². The number of hydrogen-bond donors (Lipinski definition) is 1. The maximum atomic E-state index is 13.9. The van der Waals surface area contributed by atoms with E-state index in [-0.39, 0.29) is 5.92 Å². The summed E-state index contributed by atoms with van der Waals surface area (Å²) in [6, 6.07) is 0. The Balaban J connectivity index is 1.84. The predicted octanol–water partition coefficient (Wildman–Crippen LogP) is 1.79. The van der Waals surface area contributed by atoms with Crippen LogP contribution in [0.15, 0.2) is 6.33 Å². The molecule has 2 heterocycles. The number of rotatable bonds is 1. The number of alkyl halides is 1. The maximum absolute atomic E-state index is 13.9. The van der Waals surface area contributed by atoms with Crippen molar-refractivity contribution in [2.24, 2.45) is 0 Å². The van der Waals surface area contributed by atoms with E-state index >= 15 is 0 Å². The lowest BCUT2D eigenvalue weighted by molar-refractivity contribution is 0.142. The summed E-state index contributed by atoms with van der Waals surface area (Å²) in [5.41, 5.74) is 1.40. The Morgan fingerprint density at radius 1 is 1.35 bits per heavy atom. The van der Waals surface area contributed by atoms with Gasteiger partial charge in [0, 0.05) is 31.7 Å². The molecule has 0 unspecified atom stereocenters. The van der Waals surface area contributed by atoms with Gasteiger partial charge in [-0.3, -0.25) is 0 Å². The highest BCUT2D eigenvalue weighted by Gasteiger charge is 2.34. The monoisotopic (exact) mass is 280 g/mol. The van der Waals surface area contributed by atoms with Crippen LogP contribution in [0.2, 0.25) is 0 Å². The number of carboxylic acid groups (broad SMARTS) is 1. The van der Waals surface area contributed by atoms with E-state index in [1.54, 1.807) is 0 Å². The topological polar surface area (TPSA) is 69.6 Å². The lowest BCUT2D eigenvalue weighted by atomic mass is 10.1. The molecule has 0 bridgehead atoms. The predicted molar refractivity (Wildman–Crippen MR) is 70.7 cm³/mol. The summed E-state index contributed by atoms with van der Waals surface area (Å²) in [6.07, 6.45) is -0.0461. The van der Waals surface area contributed by atoms with Crippen molar-refractivity contribution >= 4 is 11.9 Å². The highest BCUT2D eigenvalue weighted by molar-refractivity contribution is 5.65. The normalized spacial score (nSPS) is 25.7. The fourth-order valence-corrected chi connectivity index (χ4v) is 3.02. The summed E-state index contributed by atoms with van der Waals surface area (Å²) >= 11 is 0. The molecule has 2 aliphatic rings. The molecule has 6 nitrogen and oxygen atoms in total. The molecule has 0 saturated carbocycles. The first kappa shape index (κ1) is 13.1. The molecule has 1 aliphatic carbocycles. The van der Waals surface area contributed by atoms with E-state index in [0.717, 1.165) is 11.4 Å². The summed E-state index contributed by atoms with van der Waals surface area (Å²) in [4.78, 5) is 22.7. The summed E-state index contributed by atoms with van der Waals surface area (Å²) in [7, 11) is 0. The smallest absolute Gasteiger partial charge is 0.407 e. The van der Waals surface area contributed by atoms with Crippen molar-refractivity contribution in [2.75, 3.05) is 31.1 Å². The average Bonchev–Trinajstić information content (AvgIpc) is 2.74. The second-order valence-electron chi connectivity index (χ2n) is 5.36. The van der Waals surface area contributed by atoms with E-state index in [1.807, 2.05) is 11.8 Å². The SMILES string of the molecule is C[C@@H]1C[C@@H](F)c2ncnc(N3CCN(C(=O)O)CC3)c21. The standard InChI is InChI=1S/C13H17FN4O2/c1-8-6-9(14)11-10(8)12(16-7-15-11)17-2-4-18(5-3-17)13(19)20/h7-9H,2-6H2,1H3,(H,19,20)/t8-,9-/m1/s1. The molecule has 108 valence electrons. The molecule has 0 spiro atoms. The van der Waals surface area contributed by atoms with Crippen molar-refractivity contribution in [3.8, 4) is 0 Å². The quantitative estimate of drug-likeness (QED) is 0.849. The molecular weight excluding hydrogens is 263 g/mol. The van der Waals surface area contributed by atoms with Crippen LogP contribution in [0.3, 0.4) is 0 Å². The molecule has 1 N–H and O–H groups in total. The number of aromatic nitrogens is 2. The van der Waals surface area contributed by atoms with Crippen LogP contribution in [0.4, 0.5) is 15.0 Å². The van der Waals surface area contributed by atoms with Crippen LogP contribution in [0.25, 0.3) is 0 Å². The minimum atomic E-state index is -1.01. The first-order valence-electron chi connectivity index (χ1n) is 6.79. The van der Waals surface area contributed by atoms with Crippen LogP contribution in [-0.4, -0.2) is 52.2 Å². The number of hydrogen-bond acceptors (Lipinski definition) is 4. The first-order valence-corrected chi connectivity index (χ1v) is 6.79. The molecule has 1 saturated heterocycles. The Kier molecular flexibility index (Phi) is 3.19. The Labute approximate surface area is 116 Å². The highest BCUT2D eigenvalue weighted by atomic mass is 19.1. The zero-order chi connectivity index (χ0) is 14.3. The third-order valence-corrected chi connectivity index (χ3v) is 4.09. The fraction of sp³-hybridized carbons (Fsp3) is 0.615. The van der Waals surface area contributed by atoms with Crippen molar-refractivity contribution in [1.29, 1.82) is 0 Å². The minimum Gasteiger partial charge on any atom is -0.465 e. The molecule has 7 heteroatoms. The Hall–Kier alpha value is -1.92. The molecule has 1 aliphatic heterocycles. The molecule has 2 atom stereocenters. The zero-order valence-corrected chi connectivity index (χ0v) is 11.3. The van der Waals surface area contributed by atoms with Crippen LogP contribution < -0.4 is 4.90 Å². The molecule has 0 aromatic carbocycles. The number of amides is 1. The Morgan fingerprint density at radius 3 is 2.70 bits per heavy atom. The molecule has 20 heavy (non-hydrogen) atoms. The minimum absolute atomic E-state index is 0.105. The molecule has 3 rings (SSSR count). The van der Waals surface area contributed by atoms with Crippen molar-refractivity contribution in [3.05, 3.63) is 17.6 Å². The van der Waals surface area contributed by atoms with Gasteiger partial charge >= 0.3 is 6.09 Å². The van der Waals surface area contributed by atoms with E-state index in [1.165, 1.54) is 11.2 Å². The third-order valence-electron chi connectivity index (χ3n) is 4.09. The van der Waals surface area contributed by atoms with Gasteiger partial charge < -0.3 is 14.9 Å². The van der Waals surface area contributed by atoms with Crippen molar-refractivity contribution in [2.45, 2.75) is 25.4 Å². The Morgan fingerprint density at radius 2 is 2.05 bits per heavy atom. The van der Waals surface area contributed by atoms with Crippen LogP contribution in [0.1, 0.15) is 36.7 Å². The van der Waals surface area contributed by atoms with Gasteiger partial charge in [-0.25, -0.2) is 19.2 Å². The van der Waals surface area contributed by atoms with E-state index in [4.69, 9.17) is 5.11 Å². The molecule has 0 radical (unpaired) electrons. The van der Waals surface area contributed by atoms with Gasteiger partial charge in [0.25, 0.3) is 0 Å². The third kappa shape index (κ3) is 2.07. The van der Waals surface area contributed by atoms with Gasteiger partial charge in [0.05, 0.1) is 5.69 Å². The second-order valence-corrected chi connectivity index (χ2v) is 5.36. The fourth-order valence-electron chi connectivity index (χ4n) is 3.02. The van der Waals surface area contributed by atoms with Crippen molar-refractivity contribution in [1.82, 2.24) is 14.9 Å². The van der Waals surface area contributed by atoms with Crippen LogP contribution in [0.5, 0.6) is 0 Å². The van der Waals surface area contributed by atoms with Gasteiger partial charge in [0.1, 0.15) is 18.3 Å². The molecule has 1 aromatic heterocycles. The van der Waals surface area contributed by atoms with Crippen molar-refractivity contribution in [3.63, 3.8) is 0 Å². The summed E-state index contributed by atoms with van der Waals surface area (Å²) in [5.74, 6) is 0.876. The second kappa shape index (κ2) is 4.88. The van der Waals surface area contributed by atoms with E-state index in [2.05, 4.69) is 9.97 Å². The summed E-state index contributed by atoms with van der Waals surface area (Å²) in [5, 5.41) is 8.96. The lowest BCUT2D eigenvalue weighted by Gasteiger charge is -2.35. The Bertz CT molecular complexity index is 531. The largest absolute Gasteiger partial charge is 0.465 e. The van der Waals surface area contributed by atoms with Crippen LogP contribution in [-0.2, 0) is 0 Å². The lowest BCUT2D eigenvalue weighted by Crippen LogP contribution is -2.48. The zero-order valence-electron chi connectivity index (χ0n) is 11.3. The van der Waals surface area contributed by atoms with Crippen LogP contribution in [0, 0.1) is 0 Å². The van der Waals surface area contributed by atoms with E-state index in [9.17, 15) is 9.18 Å². The number of carbonyl (C=O) groups is 1.